The summed E-state index contributed by atoms with van der Waals surface area (Å²) in [6.07, 6.45) is 0. The highest BCUT2D eigenvalue weighted by Gasteiger charge is 2.17. The van der Waals surface area contributed by atoms with Gasteiger partial charge in [-0.05, 0) is 50.4 Å². The number of hydrogen-bond acceptors (Lipinski definition) is 5. The van der Waals surface area contributed by atoms with E-state index in [1.807, 2.05) is 25.1 Å². The Morgan fingerprint density at radius 1 is 0.958 bits per heavy atom. The second-order valence-corrected chi connectivity index (χ2v) is 6.80. The van der Waals surface area contributed by atoms with E-state index in [1.54, 1.807) is 20.3 Å². The van der Waals surface area contributed by atoms with Crippen LogP contribution in [0.3, 0.4) is 0 Å². The summed E-state index contributed by atoms with van der Waals surface area (Å²) in [6, 6.07) is 7.69. The Balaban J connectivity index is 2.38. The molecule has 7 heteroatoms. The molecule has 0 fully saturated rings. The molecule has 0 radical (unpaired) electrons. The first kappa shape index (κ1) is 17.0. The zero-order valence-electron chi connectivity index (χ0n) is 13.4. The fraction of sp³-hybridized carbons (Fsp3) is 0.176. The topological polar surface area (TPSA) is 70.3 Å². The number of nitrogen functional groups attached to an aromatic ring is 1. The largest absolute Gasteiger partial charge is 0.493 e. The van der Waals surface area contributed by atoms with Crippen LogP contribution in [0.25, 0.3) is 22.2 Å². The van der Waals surface area contributed by atoms with Crippen molar-refractivity contribution in [3.63, 3.8) is 0 Å². The lowest BCUT2D eigenvalue weighted by atomic mass is 10.0. The molecule has 0 bridgehead atoms. The average Bonchev–Trinajstić information content (AvgIpc) is 2.58. The molecule has 0 atom stereocenters. The Kier molecular flexibility index (Phi) is 4.64. The van der Waals surface area contributed by atoms with Crippen LogP contribution >= 0.6 is 31.9 Å². The van der Waals surface area contributed by atoms with E-state index in [-0.39, 0.29) is 5.95 Å². The molecule has 2 N–H and O–H groups in total. The molecule has 1 aromatic heterocycles. The normalized spacial score (nSPS) is 10.9. The summed E-state index contributed by atoms with van der Waals surface area (Å²) >= 11 is 7.23. The van der Waals surface area contributed by atoms with Gasteiger partial charge in [-0.3, -0.25) is 0 Å². The quantitative estimate of drug-likeness (QED) is 0.621. The summed E-state index contributed by atoms with van der Waals surface area (Å²) in [7, 11) is 3.18. The Hall–Kier alpha value is -1.86. The van der Waals surface area contributed by atoms with Crippen molar-refractivity contribution >= 4 is 48.7 Å². The molecule has 0 unspecified atom stereocenters. The van der Waals surface area contributed by atoms with Crippen LogP contribution in [0.1, 0.15) is 5.56 Å². The monoisotopic (exact) mass is 451 g/mol. The van der Waals surface area contributed by atoms with Crippen LogP contribution in [-0.4, -0.2) is 24.2 Å². The van der Waals surface area contributed by atoms with Gasteiger partial charge in [0.15, 0.2) is 11.5 Å². The molecule has 1 heterocycles. The minimum atomic E-state index is 0.202. The molecule has 3 rings (SSSR count). The zero-order valence-corrected chi connectivity index (χ0v) is 16.5. The first-order valence-corrected chi connectivity index (χ1v) is 8.69. The van der Waals surface area contributed by atoms with Crippen molar-refractivity contribution in [3.05, 3.63) is 38.8 Å². The maximum Gasteiger partial charge on any atom is 0.221 e. The molecule has 5 nitrogen and oxygen atoms in total. The van der Waals surface area contributed by atoms with E-state index in [1.165, 1.54) is 0 Å². The van der Waals surface area contributed by atoms with Crippen LogP contribution in [-0.2, 0) is 0 Å². The fourth-order valence-electron chi connectivity index (χ4n) is 2.51. The van der Waals surface area contributed by atoms with Crippen LogP contribution in [0.4, 0.5) is 5.95 Å². The minimum absolute atomic E-state index is 0.202. The Morgan fingerprint density at radius 3 is 2.29 bits per heavy atom. The average molecular weight is 453 g/mol. The molecule has 0 spiro atoms. The van der Waals surface area contributed by atoms with Gasteiger partial charge in [-0.15, -0.1) is 0 Å². The van der Waals surface area contributed by atoms with Crippen LogP contribution in [0.15, 0.2) is 33.2 Å². The molecule has 0 aliphatic rings. The number of nitrogens with two attached hydrogens (primary N) is 1. The molecule has 124 valence electrons. The smallest absolute Gasteiger partial charge is 0.221 e. The molecule has 0 saturated heterocycles. The summed E-state index contributed by atoms with van der Waals surface area (Å²) in [6.45, 7) is 2.03. The van der Waals surface area contributed by atoms with Crippen LogP contribution < -0.4 is 15.2 Å². The zero-order chi connectivity index (χ0) is 17.4. The highest BCUT2D eigenvalue weighted by atomic mass is 79.9. The summed E-state index contributed by atoms with van der Waals surface area (Å²) in [4.78, 5) is 8.77. The van der Waals surface area contributed by atoms with E-state index in [9.17, 15) is 0 Å². The van der Waals surface area contributed by atoms with Crippen molar-refractivity contribution in [1.29, 1.82) is 0 Å². The van der Waals surface area contributed by atoms with Crippen LogP contribution in [0.5, 0.6) is 11.5 Å². The van der Waals surface area contributed by atoms with E-state index in [0.717, 1.165) is 31.2 Å². The molecule has 2 aromatic carbocycles. The second-order valence-electron chi connectivity index (χ2n) is 5.21. The van der Waals surface area contributed by atoms with Gasteiger partial charge in [0.25, 0.3) is 0 Å². The number of ether oxygens (including phenoxy) is 2. The number of anilines is 1. The van der Waals surface area contributed by atoms with Gasteiger partial charge in [0.05, 0.1) is 25.4 Å². The third-order valence-corrected chi connectivity index (χ3v) is 6.13. The van der Waals surface area contributed by atoms with Gasteiger partial charge in [-0.1, -0.05) is 12.1 Å². The summed E-state index contributed by atoms with van der Waals surface area (Å²) in [5.74, 6) is 1.41. The molecular formula is C17H15Br2N3O2. The molecular weight excluding hydrogens is 438 g/mol. The first-order valence-electron chi connectivity index (χ1n) is 7.10. The van der Waals surface area contributed by atoms with E-state index in [2.05, 4.69) is 41.8 Å². The third kappa shape index (κ3) is 2.82. The first-order chi connectivity index (χ1) is 11.5. The number of rotatable bonds is 3. The summed E-state index contributed by atoms with van der Waals surface area (Å²) < 4.78 is 12.6. The number of aromatic nitrogens is 2. The highest BCUT2D eigenvalue weighted by molar-refractivity contribution is 9.13. The van der Waals surface area contributed by atoms with Crippen molar-refractivity contribution in [2.75, 3.05) is 20.0 Å². The van der Waals surface area contributed by atoms with E-state index >= 15 is 0 Å². The van der Waals surface area contributed by atoms with Gasteiger partial charge in [0.2, 0.25) is 5.95 Å². The lowest BCUT2D eigenvalue weighted by Crippen LogP contribution is -2.00. The van der Waals surface area contributed by atoms with Gasteiger partial charge in [-0.25, -0.2) is 9.97 Å². The lowest BCUT2D eigenvalue weighted by molar-refractivity contribution is 0.356. The number of aryl methyl sites for hydroxylation is 1. The van der Waals surface area contributed by atoms with Crippen molar-refractivity contribution in [3.8, 4) is 22.8 Å². The SMILES string of the molecule is COc1cc2nc(N)nc(-c3ccc(C)c(Br)c3Br)c2cc1OC. The van der Waals surface area contributed by atoms with Crippen LogP contribution in [0, 0.1) is 6.92 Å². The predicted molar refractivity (Wildman–Crippen MR) is 103 cm³/mol. The Morgan fingerprint density at radius 2 is 1.62 bits per heavy atom. The minimum Gasteiger partial charge on any atom is -0.493 e. The fourth-order valence-corrected chi connectivity index (χ4v) is 3.49. The van der Waals surface area contributed by atoms with E-state index in [0.29, 0.717) is 17.0 Å². The summed E-state index contributed by atoms with van der Waals surface area (Å²) in [5.41, 5.74) is 9.38. The van der Waals surface area contributed by atoms with Crippen molar-refractivity contribution < 1.29 is 9.47 Å². The van der Waals surface area contributed by atoms with Crippen LogP contribution in [0.2, 0.25) is 0 Å². The number of methoxy groups -OCH3 is 2. The molecule has 0 amide bonds. The maximum atomic E-state index is 5.92. The number of nitrogens with zero attached hydrogens (tertiary/aromatic N) is 2. The van der Waals surface area contributed by atoms with Gasteiger partial charge < -0.3 is 15.2 Å². The lowest BCUT2D eigenvalue weighted by Gasteiger charge is -2.14. The number of halogens is 2. The molecule has 0 aliphatic carbocycles. The molecule has 0 saturated carbocycles. The van der Waals surface area contributed by atoms with Gasteiger partial charge in [0.1, 0.15) is 0 Å². The maximum absolute atomic E-state index is 5.92. The number of fused-ring (bicyclic) bond motifs is 1. The molecule has 0 aliphatic heterocycles. The van der Waals surface area contributed by atoms with E-state index in [4.69, 9.17) is 15.2 Å². The van der Waals surface area contributed by atoms with Crippen molar-refractivity contribution in [2.45, 2.75) is 6.92 Å². The van der Waals surface area contributed by atoms with Crippen molar-refractivity contribution in [2.24, 2.45) is 0 Å². The standard InChI is InChI=1S/C17H15Br2N3O2/c1-8-4-5-9(15(19)14(8)18)16-10-6-12(23-2)13(24-3)7-11(10)21-17(20)22-16/h4-7H,1-3H3,(H2,20,21,22). The summed E-state index contributed by atoms with van der Waals surface area (Å²) in [5, 5.41) is 0.832. The van der Waals surface area contributed by atoms with Crippen molar-refractivity contribution in [1.82, 2.24) is 9.97 Å². The van der Waals surface area contributed by atoms with Gasteiger partial charge in [-0.2, -0.15) is 0 Å². The third-order valence-electron chi connectivity index (χ3n) is 3.75. The second kappa shape index (κ2) is 6.57. The number of benzene rings is 2. The van der Waals surface area contributed by atoms with Gasteiger partial charge >= 0.3 is 0 Å². The molecule has 3 aromatic rings. The van der Waals surface area contributed by atoms with E-state index < -0.39 is 0 Å². The Bertz CT molecular complexity index is 945. The number of hydrogen-bond donors (Lipinski definition) is 1. The highest BCUT2D eigenvalue weighted by Crippen LogP contribution is 2.40. The molecule has 24 heavy (non-hydrogen) atoms. The predicted octanol–water partition coefficient (Wildman–Crippen LogP) is 4.73. The van der Waals surface area contributed by atoms with Gasteiger partial charge in [0, 0.05) is 26.0 Å². The Labute approximate surface area is 156 Å².